The van der Waals surface area contributed by atoms with E-state index in [2.05, 4.69) is 10.1 Å². The first-order chi connectivity index (χ1) is 11.9. The van der Waals surface area contributed by atoms with Crippen LogP contribution in [0.3, 0.4) is 0 Å². The summed E-state index contributed by atoms with van der Waals surface area (Å²) in [7, 11) is 1.44. The first-order valence-electron chi connectivity index (χ1n) is 7.44. The Morgan fingerprint density at radius 3 is 2.84 bits per heavy atom. The van der Waals surface area contributed by atoms with E-state index in [4.69, 9.17) is 14.5 Å². The van der Waals surface area contributed by atoms with Crippen molar-refractivity contribution >= 4 is 5.91 Å². The maximum atomic E-state index is 13.9. The molecule has 0 radical (unpaired) electrons. The van der Waals surface area contributed by atoms with Crippen molar-refractivity contribution in [3.8, 4) is 6.07 Å². The van der Waals surface area contributed by atoms with Gasteiger partial charge in [-0.05, 0) is 24.3 Å². The Balaban J connectivity index is 1.88. The van der Waals surface area contributed by atoms with Crippen LogP contribution in [-0.2, 0) is 11.3 Å². The molecule has 0 spiro atoms. The van der Waals surface area contributed by atoms with Crippen LogP contribution in [0.2, 0.25) is 0 Å². The van der Waals surface area contributed by atoms with Crippen molar-refractivity contribution in [1.29, 1.82) is 5.26 Å². The normalized spacial score (nSPS) is 19.0. The number of amides is 1. The number of likely N-dealkylation sites (tertiary alicyclic amines) is 1. The minimum atomic E-state index is -3.05. The molecule has 1 fully saturated rings. The highest BCUT2D eigenvalue weighted by atomic mass is 19.3. The van der Waals surface area contributed by atoms with Crippen LogP contribution in [0.5, 0.6) is 0 Å². The van der Waals surface area contributed by atoms with E-state index in [0.29, 0.717) is 5.56 Å². The van der Waals surface area contributed by atoms with Crippen LogP contribution in [0.1, 0.15) is 40.1 Å². The Hall–Kier alpha value is -2.86. The number of rotatable bonds is 4. The summed E-state index contributed by atoms with van der Waals surface area (Å²) in [6.07, 6.45) is -0.594. The fraction of sp³-hybridized carbons (Fsp3) is 0.375. The molecule has 9 heteroatoms. The molecular formula is C16H14F2N4O3. The minimum absolute atomic E-state index is 0.0498. The number of aromatic nitrogens is 2. The standard InChI is InChI=1S/C16H14F2N4O3/c1-24-8-13-20-14(25-21-13)12-6-16(17,18)9-22(12)15(23)11-4-2-10(7-19)3-5-11/h2-5,12H,6,8-9H2,1H3/t12-/m0/s1. The molecule has 0 saturated carbocycles. The van der Waals surface area contributed by atoms with E-state index < -0.39 is 30.8 Å². The third-order valence-corrected chi connectivity index (χ3v) is 3.83. The fourth-order valence-corrected chi connectivity index (χ4v) is 2.69. The van der Waals surface area contributed by atoms with Crippen molar-refractivity contribution in [2.75, 3.05) is 13.7 Å². The summed E-state index contributed by atoms with van der Waals surface area (Å²) >= 11 is 0. The third kappa shape index (κ3) is 3.49. The SMILES string of the molecule is COCc1noc([C@@H]2CC(F)(F)CN2C(=O)c2ccc(C#N)cc2)n1. The first kappa shape index (κ1) is 17.0. The Morgan fingerprint density at radius 1 is 1.48 bits per heavy atom. The molecule has 7 nitrogen and oxygen atoms in total. The van der Waals surface area contributed by atoms with E-state index in [0.717, 1.165) is 4.90 Å². The molecule has 3 rings (SSSR count). The van der Waals surface area contributed by atoms with Crippen molar-refractivity contribution in [3.63, 3.8) is 0 Å². The molecule has 25 heavy (non-hydrogen) atoms. The largest absolute Gasteiger partial charge is 0.377 e. The number of nitrogens with zero attached hydrogens (tertiary/aromatic N) is 4. The van der Waals surface area contributed by atoms with Gasteiger partial charge in [-0.15, -0.1) is 0 Å². The van der Waals surface area contributed by atoms with Gasteiger partial charge in [0.25, 0.3) is 11.8 Å². The molecule has 2 heterocycles. The van der Waals surface area contributed by atoms with E-state index in [1.165, 1.54) is 31.4 Å². The number of carbonyl (C=O) groups excluding carboxylic acids is 1. The second-order valence-electron chi connectivity index (χ2n) is 5.68. The van der Waals surface area contributed by atoms with Crippen LogP contribution >= 0.6 is 0 Å². The van der Waals surface area contributed by atoms with Crippen LogP contribution in [0, 0.1) is 11.3 Å². The predicted molar refractivity (Wildman–Crippen MR) is 79.5 cm³/mol. The number of carbonyl (C=O) groups is 1. The van der Waals surface area contributed by atoms with E-state index in [1.54, 1.807) is 0 Å². The van der Waals surface area contributed by atoms with Crippen LogP contribution < -0.4 is 0 Å². The summed E-state index contributed by atoms with van der Waals surface area (Å²) in [4.78, 5) is 17.7. The lowest BCUT2D eigenvalue weighted by atomic mass is 10.1. The highest BCUT2D eigenvalue weighted by molar-refractivity contribution is 5.94. The fourth-order valence-electron chi connectivity index (χ4n) is 2.69. The van der Waals surface area contributed by atoms with E-state index in [9.17, 15) is 13.6 Å². The van der Waals surface area contributed by atoms with Gasteiger partial charge in [-0.1, -0.05) is 5.16 Å². The van der Waals surface area contributed by atoms with Crippen molar-refractivity contribution in [3.05, 3.63) is 47.1 Å². The maximum absolute atomic E-state index is 13.9. The Morgan fingerprint density at radius 2 is 2.20 bits per heavy atom. The van der Waals surface area contributed by atoms with Gasteiger partial charge in [0.2, 0.25) is 5.89 Å². The molecule has 1 aromatic carbocycles. The second kappa shape index (κ2) is 6.57. The van der Waals surface area contributed by atoms with Gasteiger partial charge in [0, 0.05) is 19.1 Å². The molecule has 1 atom stereocenters. The zero-order valence-electron chi connectivity index (χ0n) is 13.3. The van der Waals surface area contributed by atoms with Crippen LogP contribution in [0.15, 0.2) is 28.8 Å². The van der Waals surface area contributed by atoms with Crippen molar-refractivity contribution in [1.82, 2.24) is 15.0 Å². The molecule has 1 aromatic heterocycles. The van der Waals surface area contributed by atoms with Crippen LogP contribution in [0.25, 0.3) is 0 Å². The smallest absolute Gasteiger partial charge is 0.267 e. The second-order valence-corrected chi connectivity index (χ2v) is 5.68. The van der Waals surface area contributed by atoms with E-state index in [-0.39, 0.29) is 23.9 Å². The summed E-state index contributed by atoms with van der Waals surface area (Å²) in [5, 5.41) is 12.5. The lowest BCUT2D eigenvalue weighted by Crippen LogP contribution is -2.33. The lowest BCUT2D eigenvalue weighted by molar-refractivity contribution is 0.0117. The van der Waals surface area contributed by atoms with Gasteiger partial charge in [0.05, 0.1) is 18.2 Å². The minimum Gasteiger partial charge on any atom is -0.377 e. The van der Waals surface area contributed by atoms with Gasteiger partial charge < -0.3 is 14.2 Å². The van der Waals surface area contributed by atoms with Crippen LogP contribution in [-0.4, -0.2) is 40.5 Å². The summed E-state index contributed by atoms with van der Waals surface area (Å²) in [6.45, 7) is -0.658. The predicted octanol–water partition coefficient (Wildman–Crippen LogP) is 2.31. The molecular weight excluding hydrogens is 334 g/mol. The maximum Gasteiger partial charge on any atom is 0.267 e. The molecule has 1 saturated heterocycles. The quantitative estimate of drug-likeness (QED) is 0.842. The average Bonchev–Trinajstić information content (AvgIpc) is 3.18. The summed E-state index contributed by atoms with van der Waals surface area (Å²) < 4.78 is 37.8. The highest BCUT2D eigenvalue weighted by Crippen LogP contribution is 2.41. The summed E-state index contributed by atoms with van der Waals surface area (Å²) in [5.41, 5.74) is 0.583. The van der Waals surface area contributed by atoms with Gasteiger partial charge in [0.1, 0.15) is 12.6 Å². The highest BCUT2D eigenvalue weighted by Gasteiger charge is 2.50. The molecule has 130 valence electrons. The van der Waals surface area contributed by atoms with E-state index >= 15 is 0 Å². The Kier molecular flexibility index (Phi) is 4.46. The first-order valence-corrected chi connectivity index (χ1v) is 7.44. The number of benzene rings is 1. The lowest BCUT2D eigenvalue weighted by Gasteiger charge is -2.21. The topological polar surface area (TPSA) is 92.3 Å². The molecule has 1 aliphatic rings. The molecule has 0 bridgehead atoms. The van der Waals surface area contributed by atoms with Crippen molar-refractivity contribution in [2.45, 2.75) is 25.0 Å². The number of methoxy groups -OCH3 is 1. The molecule has 2 aromatic rings. The number of ether oxygens (including phenoxy) is 1. The molecule has 0 aliphatic carbocycles. The van der Waals surface area contributed by atoms with Gasteiger partial charge in [-0.25, -0.2) is 8.78 Å². The molecule has 0 unspecified atom stereocenters. The molecule has 1 amide bonds. The summed E-state index contributed by atoms with van der Waals surface area (Å²) in [6, 6.07) is 6.69. The van der Waals surface area contributed by atoms with Crippen molar-refractivity contribution in [2.24, 2.45) is 0 Å². The van der Waals surface area contributed by atoms with Gasteiger partial charge in [-0.2, -0.15) is 10.2 Å². The number of hydrogen-bond acceptors (Lipinski definition) is 6. The Bertz CT molecular complexity index is 814. The monoisotopic (exact) mass is 348 g/mol. The number of nitriles is 1. The van der Waals surface area contributed by atoms with Crippen LogP contribution in [0.4, 0.5) is 8.78 Å². The molecule has 0 N–H and O–H groups in total. The van der Waals surface area contributed by atoms with Crippen molar-refractivity contribution < 1.29 is 22.8 Å². The number of halogens is 2. The number of hydrogen-bond donors (Lipinski definition) is 0. The van der Waals surface area contributed by atoms with Gasteiger partial charge in [0.15, 0.2) is 5.82 Å². The summed E-state index contributed by atoms with van der Waals surface area (Å²) in [5.74, 6) is -3.47. The van der Waals surface area contributed by atoms with Gasteiger partial charge in [-0.3, -0.25) is 4.79 Å². The van der Waals surface area contributed by atoms with E-state index in [1.807, 2.05) is 6.07 Å². The zero-order chi connectivity index (χ0) is 18.0. The zero-order valence-corrected chi connectivity index (χ0v) is 13.3. The average molecular weight is 348 g/mol. The molecule has 1 aliphatic heterocycles. The third-order valence-electron chi connectivity index (χ3n) is 3.83. The van der Waals surface area contributed by atoms with Gasteiger partial charge >= 0.3 is 0 Å². The Labute approximate surface area is 141 Å². The number of alkyl halides is 2.